The van der Waals surface area contributed by atoms with E-state index in [0.717, 1.165) is 13.0 Å². The largest absolute Gasteiger partial charge is 0.449 e. The first-order valence-corrected chi connectivity index (χ1v) is 12.1. The normalized spacial score (nSPS) is 12.4. The van der Waals surface area contributed by atoms with E-state index in [1.807, 2.05) is 24.3 Å². The Morgan fingerprint density at radius 3 is 1.97 bits per heavy atom. The number of alkyl carbamates (subject to hydrolysis) is 1. The van der Waals surface area contributed by atoms with Gasteiger partial charge >= 0.3 is 6.09 Å². The minimum atomic E-state index is -0.423. The lowest BCUT2D eigenvalue weighted by Gasteiger charge is -2.14. The Morgan fingerprint density at radius 2 is 1.33 bits per heavy atom. The molecule has 0 aliphatic heterocycles. The average Bonchev–Trinajstić information content (AvgIpc) is 3.16. The Bertz CT molecular complexity index is 795. The van der Waals surface area contributed by atoms with E-state index >= 15 is 0 Å². The molecule has 3 rings (SSSR count). The van der Waals surface area contributed by atoms with E-state index in [-0.39, 0.29) is 5.92 Å². The number of fused-ring (bicyclic) bond motifs is 3. The van der Waals surface area contributed by atoms with Gasteiger partial charge in [0.15, 0.2) is 0 Å². The second-order valence-electron chi connectivity index (χ2n) is 8.15. The number of nitrogens with one attached hydrogen (secondary N) is 1. The highest BCUT2D eigenvalue weighted by molar-refractivity contribution is 5.79. The summed E-state index contributed by atoms with van der Waals surface area (Å²) in [5.41, 5.74) is 4.85. The van der Waals surface area contributed by atoms with E-state index in [1.54, 1.807) is 0 Å². The quantitative estimate of drug-likeness (QED) is 0.354. The molecule has 1 amide bonds. The summed E-state index contributed by atoms with van der Waals surface area (Å²) in [5.74, 6) is 0.0665. The third kappa shape index (κ3) is 8.14. The molecule has 6 heteroatoms. The maximum atomic E-state index is 12.1. The molecule has 0 bridgehead atoms. The van der Waals surface area contributed by atoms with Gasteiger partial charge in [0.2, 0.25) is 0 Å². The maximum absolute atomic E-state index is 12.1. The lowest BCUT2D eigenvalue weighted by Crippen LogP contribution is -2.29. The van der Waals surface area contributed by atoms with Gasteiger partial charge in [-0.25, -0.2) is 4.79 Å². The number of unbranched alkanes of at least 4 members (excludes halogenated alkanes) is 3. The van der Waals surface area contributed by atoms with Crippen LogP contribution in [0, 0.1) is 0 Å². The number of carbonyl (C=O) groups excluding carboxylic acids is 1. The topological polar surface area (TPSA) is 66.0 Å². The third-order valence-corrected chi connectivity index (χ3v) is 5.75. The zero-order valence-electron chi connectivity index (χ0n) is 19.7. The van der Waals surface area contributed by atoms with Crippen molar-refractivity contribution in [2.45, 2.75) is 38.5 Å². The molecular formula is C27H37NO5. The van der Waals surface area contributed by atoms with E-state index in [2.05, 4.69) is 36.5 Å². The smallest absolute Gasteiger partial charge is 0.407 e. The molecule has 6 nitrogen and oxygen atoms in total. The molecule has 1 N–H and O–H groups in total. The number of carbonyl (C=O) groups is 1. The van der Waals surface area contributed by atoms with Crippen LogP contribution in [0.1, 0.15) is 49.7 Å². The highest BCUT2D eigenvalue weighted by Crippen LogP contribution is 2.44. The van der Waals surface area contributed by atoms with Gasteiger partial charge < -0.3 is 24.3 Å². The molecule has 2 aromatic carbocycles. The van der Waals surface area contributed by atoms with E-state index in [9.17, 15) is 4.79 Å². The van der Waals surface area contributed by atoms with Crippen molar-refractivity contribution in [2.24, 2.45) is 0 Å². The summed E-state index contributed by atoms with van der Waals surface area (Å²) in [4.78, 5) is 12.1. The fourth-order valence-electron chi connectivity index (χ4n) is 4.05. The van der Waals surface area contributed by atoms with Gasteiger partial charge in [-0.2, -0.15) is 0 Å². The molecule has 2 aromatic rings. The van der Waals surface area contributed by atoms with E-state index in [0.29, 0.717) is 46.2 Å². The summed E-state index contributed by atoms with van der Waals surface area (Å²) in [7, 11) is 0. The zero-order chi connectivity index (χ0) is 23.1. The SMILES string of the molecule is CCCCCCOCCOCCOCCNC(=O)OCC1c2ccccc2-c2ccccc21. The van der Waals surface area contributed by atoms with Crippen LogP contribution in [0.25, 0.3) is 11.1 Å². The van der Waals surface area contributed by atoms with E-state index in [4.69, 9.17) is 18.9 Å². The molecule has 0 atom stereocenters. The Balaban J connectivity index is 1.21. The molecule has 1 aliphatic carbocycles. The monoisotopic (exact) mass is 455 g/mol. The Kier molecular flexibility index (Phi) is 11.2. The molecular weight excluding hydrogens is 418 g/mol. The molecule has 0 saturated carbocycles. The lowest BCUT2D eigenvalue weighted by molar-refractivity contribution is 0.0144. The lowest BCUT2D eigenvalue weighted by atomic mass is 9.98. The van der Waals surface area contributed by atoms with Gasteiger partial charge in [-0.05, 0) is 28.7 Å². The molecule has 0 radical (unpaired) electrons. The average molecular weight is 456 g/mol. The van der Waals surface area contributed by atoms with Crippen molar-refractivity contribution in [3.8, 4) is 11.1 Å². The van der Waals surface area contributed by atoms with E-state index < -0.39 is 6.09 Å². The molecule has 0 fully saturated rings. The summed E-state index contributed by atoms with van der Waals surface area (Å²) in [6.45, 7) is 6.35. The molecule has 1 aliphatic rings. The number of rotatable bonds is 16. The summed E-state index contributed by atoms with van der Waals surface area (Å²) < 4.78 is 22.0. The van der Waals surface area contributed by atoms with Crippen LogP contribution in [0.15, 0.2) is 48.5 Å². The summed E-state index contributed by atoms with van der Waals surface area (Å²) in [6.07, 6.45) is 4.44. The van der Waals surface area contributed by atoms with Crippen LogP contribution in [0.4, 0.5) is 4.79 Å². The standard InChI is InChI=1S/C27H37NO5/c1-2-3-4-9-15-30-17-19-32-20-18-31-16-14-28-27(29)33-21-26-24-12-7-5-10-22(24)23-11-6-8-13-25(23)26/h5-8,10-13,26H,2-4,9,14-21H2,1H3,(H,28,29). The van der Waals surface area contributed by atoms with Gasteiger partial charge in [0.05, 0.1) is 33.0 Å². The highest BCUT2D eigenvalue weighted by Gasteiger charge is 2.28. The van der Waals surface area contributed by atoms with Gasteiger partial charge in [0.1, 0.15) is 6.61 Å². The minimum Gasteiger partial charge on any atom is -0.449 e. The van der Waals surface area contributed by atoms with Crippen molar-refractivity contribution < 1.29 is 23.7 Å². The molecule has 33 heavy (non-hydrogen) atoms. The Morgan fingerprint density at radius 1 is 0.758 bits per heavy atom. The summed E-state index contributed by atoms with van der Waals surface area (Å²) >= 11 is 0. The predicted octanol–water partition coefficient (Wildman–Crippen LogP) is 5.16. The van der Waals surface area contributed by atoms with Gasteiger partial charge in [-0.3, -0.25) is 0 Å². The van der Waals surface area contributed by atoms with Gasteiger partial charge in [-0.1, -0.05) is 74.7 Å². The van der Waals surface area contributed by atoms with Gasteiger partial charge in [-0.15, -0.1) is 0 Å². The fraction of sp³-hybridized carbons (Fsp3) is 0.519. The second-order valence-corrected chi connectivity index (χ2v) is 8.15. The number of ether oxygens (including phenoxy) is 4. The van der Waals surface area contributed by atoms with Crippen LogP contribution in [-0.4, -0.2) is 58.9 Å². The van der Waals surface area contributed by atoms with Crippen molar-refractivity contribution in [1.82, 2.24) is 5.32 Å². The van der Waals surface area contributed by atoms with Crippen molar-refractivity contribution in [2.75, 3.05) is 52.8 Å². The van der Waals surface area contributed by atoms with Gasteiger partial charge in [0, 0.05) is 19.1 Å². The van der Waals surface area contributed by atoms with Crippen molar-refractivity contribution in [3.05, 3.63) is 59.7 Å². The number of benzene rings is 2. The van der Waals surface area contributed by atoms with Crippen molar-refractivity contribution in [1.29, 1.82) is 0 Å². The number of hydrogen-bond acceptors (Lipinski definition) is 5. The third-order valence-electron chi connectivity index (χ3n) is 5.75. The first kappa shape index (κ1) is 25.2. The summed E-state index contributed by atoms with van der Waals surface area (Å²) in [6, 6.07) is 16.6. The van der Waals surface area contributed by atoms with Crippen LogP contribution in [-0.2, 0) is 18.9 Å². The Hall–Kier alpha value is -2.41. The van der Waals surface area contributed by atoms with Crippen molar-refractivity contribution >= 4 is 6.09 Å². The molecule has 0 saturated heterocycles. The summed E-state index contributed by atoms with van der Waals surface area (Å²) in [5, 5.41) is 2.75. The van der Waals surface area contributed by atoms with Crippen LogP contribution in [0.5, 0.6) is 0 Å². The first-order chi connectivity index (χ1) is 16.3. The maximum Gasteiger partial charge on any atom is 0.407 e. The molecule has 0 unspecified atom stereocenters. The predicted molar refractivity (Wildman–Crippen MR) is 130 cm³/mol. The number of hydrogen-bond donors (Lipinski definition) is 1. The fourth-order valence-corrected chi connectivity index (χ4v) is 4.05. The second kappa shape index (κ2) is 14.7. The van der Waals surface area contributed by atoms with Crippen LogP contribution < -0.4 is 5.32 Å². The van der Waals surface area contributed by atoms with E-state index in [1.165, 1.54) is 41.5 Å². The first-order valence-electron chi connectivity index (χ1n) is 12.1. The van der Waals surface area contributed by atoms with Crippen molar-refractivity contribution in [3.63, 3.8) is 0 Å². The zero-order valence-corrected chi connectivity index (χ0v) is 19.7. The number of amides is 1. The van der Waals surface area contributed by atoms with Crippen LogP contribution in [0.3, 0.4) is 0 Å². The van der Waals surface area contributed by atoms with Crippen LogP contribution >= 0.6 is 0 Å². The molecule has 0 heterocycles. The molecule has 0 aromatic heterocycles. The molecule has 180 valence electrons. The highest BCUT2D eigenvalue weighted by atomic mass is 16.6. The molecule has 0 spiro atoms. The Labute approximate surface area is 197 Å². The van der Waals surface area contributed by atoms with Crippen LogP contribution in [0.2, 0.25) is 0 Å². The van der Waals surface area contributed by atoms with Gasteiger partial charge in [0.25, 0.3) is 0 Å². The minimum absolute atomic E-state index is 0.0665.